The fourth-order valence-electron chi connectivity index (χ4n) is 2.02. The highest BCUT2D eigenvalue weighted by atomic mass is 127. The maximum atomic E-state index is 11.9. The minimum absolute atomic E-state index is 0. The van der Waals surface area contributed by atoms with E-state index in [0.717, 1.165) is 30.1 Å². The van der Waals surface area contributed by atoms with E-state index < -0.39 is 10.0 Å². The number of nitrogens with one attached hydrogen (secondary N) is 3. The van der Waals surface area contributed by atoms with E-state index in [1.807, 2.05) is 38.1 Å². The highest BCUT2D eigenvalue weighted by Gasteiger charge is 2.12. The number of aliphatic imine (C=N–C) groups is 1. The van der Waals surface area contributed by atoms with Crippen molar-refractivity contribution in [2.75, 3.05) is 13.6 Å². The highest BCUT2D eigenvalue weighted by Crippen LogP contribution is 2.08. The molecule has 0 aromatic heterocycles. The molecule has 0 radical (unpaired) electrons. The lowest BCUT2D eigenvalue weighted by molar-refractivity contribution is 0.569. The molecule has 1 aromatic carbocycles. The van der Waals surface area contributed by atoms with Gasteiger partial charge in [-0.1, -0.05) is 31.2 Å². The van der Waals surface area contributed by atoms with Gasteiger partial charge in [-0.15, -0.1) is 24.0 Å². The van der Waals surface area contributed by atoms with Gasteiger partial charge in [-0.25, -0.2) is 13.1 Å². The second-order valence-corrected chi connectivity index (χ2v) is 7.45. The van der Waals surface area contributed by atoms with Crippen molar-refractivity contribution in [2.24, 2.45) is 4.99 Å². The van der Waals surface area contributed by atoms with E-state index in [0.29, 0.717) is 6.54 Å². The van der Waals surface area contributed by atoms with Gasteiger partial charge in [-0.2, -0.15) is 0 Å². The van der Waals surface area contributed by atoms with E-state index in [2.05, 4.69) is 27.3 Å². The van der Waals surface area contributed by atoms with Crippen LogP contribution in [0.15, 0.2) is 29.3 Å². The first-order chi connectivity index (χ1) is 10.9. The summed E-state index contributed by atoms with van der Waals surface area (Å²) in [7, 11) is -1.54. The normalized spacial score (nSPS) is 12.0. The van der Waals surface area contributed by atoms with Gasteiger partial charge in [0.1, 0.15) is 0 Å². The summed E-state index contributed by atoms with van der Waals surface area (Å²) in [6, 6.07) is 7.46. The molecule has 1 rings (SSSR count). The molecule has 0 fully saturated rings. The van der Waals surface area contributed by atoms with Crippen LogP contribution in [0, 0.1) is 0 Å². The van der Waals surface area contributed by atoms with Crippen LogP contribution in [0.5, 0.6) is 0 Å². The predicted molar refractivity (Wildman–Crippen MR) is 111 cm³/mol. The molecule has 0 saturated carbocycles. The second-order valence-electron chi connectivity index (χ2n) is 5.70. The van der Waals surface area contributed by atoms with Crippen molar-refractivity contribution in [2.45, 2.75) is 45.5 Å². The standard InChI is InChI=1S/C16H28N4O2S.HI/c1-5-10-18-16(17-4)19-11-14-6-8-15(9-7-14)12-23(21,22)20-13(2)3;/h6-9,13,20H,5,10-12H2,1-4H3,(H2,17,18,19);1H. The molecule has 0 aliphatic heterocycles. The molecule has 0 saturated heterocycles. The molecule has 0 atom stereocenters. The van der Waals surface area contributed by atoms with E-state index in [1.165, 1.54) is 0 Å². The quantitative estimate of drug-likeness (QED) is 0.311. The largest absolute Gasteiger partial charge is 0.356 e. The number of guanidine groups is 1. The Hall–Kier alpha value is -0.870. The third-order valence-corrected chi connectivity index (χ3v) is 4.56. The van der Waals surface area contributed by atoms with Crippen LogP contribution in [-0.4, -0.2) is 34.0 Å². The zero-order chi connectivity index (χ0) is 17.3. The second kappa shape index (κ2) is 11.6. The lowest BCUT2D eigenvalue weighted by Crippen LogP contribution is -2.37. The molecule has 0 aliphatic rings. The van der Waals surface area contributed by atoms with Crippen LogP contribution >= 0.6 is 24.0 Å². The Labute approximate surface area is 163 Å². The minimum Gasteiger partial charge on any atom is -0.356 e. The van der Waals surface area contributed by atoms with Crippen LogP contribution in [0.2, 0.25) is 0 Å². The summed E-state index contributed by atoms with van der Waals surface area (Å²) in [4.78, 5) is 4.14. The summed E-state index contributed by atoms with van der Waals surface area (Å²) >= 11 is 0. The summed E-state index contributed by atoms with van der Waals surface area (Å²) in [5, 5.41) is 6.42. The van der Waals surface area contributed by atoms with Crippen LogP contribution in [0.25, 0.3) is 0 Å². The number of sulfonamides is 1. The highest BCUT2D eigenvalue weighted by molar-refractivity contribution is 14.0. The molecular formula is C16H29IN4O2S. The summed E-state index contributed by atoms with van der Waals surface area (Å²) < 4.78 is 26.4. The smallest absolute Gasteiger partial charge is 0.216 e. The number of hydrogen-bond donors (Lipinski definition) is 3. The summed E-state index contributed by atoms with van der Waals surface area (Å²) in [6.45, 7) is 7.23. The molecule has 6 nitrogen and oxygen atoms in total. The van der Waals surface area contributed by atoms with E-state index in [4.69, 9.17) is 0 Å². The first-order valence-corrected chi connectivity index (χ1v) is 9.54. The molecule has 0 aliphatic carbocycles. The van der Waals surface area contributed by atoms with E-state index in [-0.39, 0.29) is 35.8 Å². The summed E-state index contributed by atoms with van der Waals surface area (Å²) in [6.07, 6.45) is 1.04. The number of nitrogens with zero attached hydrogens (tertiary/aromatic N) is 1. The molecule has 1 aromatic rings. The van der Waals surface area contributed by atoms with E-state index in [9.17, 15) is 8.42 Å². The van der Waals surface area contributed by atoms with Gasteiger partial charge in [-0.05, 0) is 31.4 Å². The van der Waals surface area contributed by atoms with Gasteiger partial charge in [0.05, 0.1) is 5.75 Å². The van der Waals surface area contributed by atoms with Crippen LogP contribution in [0.1, 0.15) is 38.3 Å². The lowest BCUT2D eigenvalue weighted by Gasteiger charge is -2.12. The molecule has 0 amide bonds. The Morgan fingerprint density at radius 1 is 1.12 bits per heavy atom. The van der Waals surface area contributed by atoms with Gasteiger partial charge in [0.2, 0.25) is 10.0 Å². The number of halogens is 1. The molecule has 0 spiro atoms. The van der Waals surface area contributed by atoms with Crippen LogP contribution in [0.3, 0.4) is 0 Å². The van der Waals surface area contributed by atoms with E-state index >= 15 is 0 Å². The van der Waals surface area contributed by atoms with Crippen molar-refractivity contribution in [1.29, 1.82) is 0 Å². The average Bonchev–Trinajstić information content (AvgIpc) is 2.47. The molecule has 3 N–H and O–H groups in total. The zero-order valence-corrected chi connectivity index (χ0v) is 17.9. The van der Waals surface area contributed by atoms with Gasteiger partial charge < -0.3 is 10.6 Å². The fraction of sp³-hybridized carbons (Fsp3) is 0.562. The molecule has 138 valence electrons. The lowest BCUT2D eigenvalue weighted by atomic mass is 10.1. The maximum absolute atomic E-state index is 11.9. The van der Waals surface area contributed by atoms with Gasteiger partial charge in [0.15, 0.2) is 5.96 Å². The number of benzene rings is 1. The van der Waals surface area contributed by atoms with Crippen molar-refractivity contribution in [1.82, 2.24) is 15.4 Å². The van der Waals surface area contributed by atoms with Crippen molar-refractivity contribution in [3.05, 3.63) is 35.4 Å². The van der Waals surface area contributed by atoms with Gasteiger partial charge >= 0.3 is 0 Å². The van der Waals surface area contributed by atoms with Crippen molar-refractivity contribution >= 4 is 40.0 Å². The summed E-state index contributed by atoms with van der Waals surface area (Å²) in [5.74, 6) is 0.762. The van der Waals surface area contributed by atoms with Crippen LogP contribution in [0.4, 0.5) is 0 Å². The van der Waals surface area contributed by atoms with Crippen molar-refractivity contribution < 1.29 is 8.42 Å². The zero-order valence-electron chi connectivity index (χ0n) is 14.8. The molecular weight excluding hydrogens is 439 g/mol. The van der Waals surface area contributed by atoms with Crippen LogP contribution in [-0.2, 0) is 22.3 Å². The average molecular weight is 468 g/mol. The maximum Gasteiger partial charge on any atom is 0.216 e. The van der Waals surface area contributed by atoms with Crippen molar-refractivity contribution in [3.63, 3.8) is 0 Å². The molecule has 24 heavy (non-hydrogen) atoms. The molecule has 0 heterocycles. The Morgan fingerprint density at radius 2 is 1.71 bits per heavy atom. The van der Waals surface area contributed by atoms with Gasteiger partial charge in [0, 0.05) is 26.2 Å². The summed E-state index contributed by atoms with van der Waals surface area (Å²) in [5.41, 5.74) is 1.85. The Kier molecular flexibility index (Phi) is 11.2. The number of rotatable bonds is 8. The monoisotopic (exact) mass is 468 g/mol. The van der Waals surface area contributed by atoms with E-state index in [1.54, 1.807) is 7.05 Å². The topological polar surface area (TPSA) is 82.6 Å². The third kappa shape index (κ3) is 9.43. The number of hydrogen-bond acceptors (Lipinski definition) is 3. The molecule has 0 bridgehead atoms. The van der Waals surface area contributed by atoms with Gasteiger partial charge in [0.25, 0.3) is 0 Å². The molecule has 8 heteroatoms. The Bertz CT molecular complexity index is 601. The Balaban J connectivity index is 0.00000529. The minimum atomic E-state index is -3.28. The predicted octanol–water partition coefficient (Wildman–Crippen LogP) is 2.21. The van der Waals surface area contributed by atoms with Gasteiger partial charge in [-0.3, -0.25) is 4.99 Å². The fourth-order valence-corrected chi connectivity index (χ4v) is 3.46. The third-order valence-electron chi connectivity index (χ3n) is 3.02. The van der Waals surface area contributed by atoms with Crippen LogP contribution < -0.4 is 15.4 Å². The van der Waals surface area contributed by atoms with Crippen molar-refractivity contribution in [3.8, 4) is 0 Å². The first-order valence-electron chi connectivity index (χ1n) is 7.88. The Morgan fingerprint density at radius 3 is 2.21 bits per heavy atom. The molecule has 0 unspecified atom stereocenters. The first kappa shape index (κ1) is 23.1. The SMILES string of the molecule is CCCNC(=NC)NCc1ccc(CS(=O)(=O)NC(C)C)cc1.I.